The van der Waals surface area contributed by atoms with Crippen molar-refractivity contribution in [3.8, 4) is 0 Å². The first-order valence-electron chi connectivity index (χ1n) is 4.43. The van der Waals surface area contributed by atoms with Gasteiger partial charge in [0.15, 0.2) is 0 Å². The van der Waals surface area contributed by atoms with Crippen molar-refractivity contribution >= 4 is 17.7 Å². The summed E-state index contributed by atoms with van der Waals surface area (Å²) in [5.41, 5.74) is 0. The van der Waals surface area contributed by atoms with Gasteiger partial charge in [0.05, 0.1) is 6.10 Å². The quantitative estimate of drug-likeness (QED) is 0.295. The largest absolute Gasteiger partial charge is 0.457 e. The Morgan fingerprint density at radius 1 is 1.27 bits per heavy atom. The van der Waals surface area contributed by atoms with Crippen LogP contribution in [0.2, 0.25) is 0 Å². The van der Waals surface area contributed by atoms with Crippen LogP contribution in [0.15, 0.2) is 12.3 Å². The van der Waals surface area contributed by atoms with Gasteiger partial charge in [0.1, 0.15) is 12.2 Å². The summed E-state index contributed by atoms with van der Waals surface area (Å²) in [5, 5.41) is 0. The van der Waals surface area contributed by atoms with Gasteiger partial charge in [-0.1, -0.05) is 0 Å². The van der Waals surface area contributed by atoms with E-state index < -0.39 is 17.7 Å². The zero-order valence-electron chi connectivity index (χ0n) is 9.03. The molecule has 0 aliphatic carbocycles. The van der Waals surface area contributed by atoms with E-state index in [1.54, 1.807) is 13.8 Å². The van der Waals surface area contributed by atoms with Crippen molar-refractivity contribution in [2.75, 3.05) is 0 Å². The number of hydrogen-bond acceptors (Lipinski definition) is 5. The SMILES string of the molecule is C=C(OC(=O)CC(C)=O)C(=O)OC(C)C. The second kappa shape index (κ2) is 5.95. The fourth-order valence-electron chi connectivity index (χ4n) is 0.698. The third-order valence-electron chi connectivity index (χ3n) is 1.20. The molecule has 0 rings (SSSR count). The van der Waals surface area contributed by atoms with Gasteiger partial charge in [-0.05, 0) is 27.4 Å². The highest BCUT2D eigenvalue weighted by Crippen LogP contribution is 2.02. The number of ketones is 1. The van der Waals surface area contributed by atoms with E-state index in [0.29, 0.717) is 0 Å². The number of esters is 2. The Balaban J connectivity index is 4.08. The Labute approximate surface area is 88.0 Å². The lowest BCUT2D eigenvalue weighted by molar-refractivity contribution is -0.154. The third-order valence-corrected chi connectivity index (χ3v) is 1.20. The molecule has 5 nitrogen and oxygen atoms in total. The Bertz CT molecular complexity index is 290. The standard InChI is InChI=1S/C10H14O5/c1-6(2)14-10(13)8(4)15-9(12)5-7(3)11/h6H,4-5H2,1-3H3. The highest BCUT2D eigenvalue weighted by Gasteiger charge is 2.16. The Hall–Kier alpha value is -1.65. The Morgan fingerprint density at radius 2 is 1.80 bits per heavy atom. The summed E-state index contributed by atoms with van der Waals surface area (Å²) in [6.07, 6.45) is -0.700. The van der Waals surface area contributed by atoms with E-state index in [0.717, 1.165) is 0 Å². The van der Waals surface area contributed by atoms with Crippen LogP contribution in [0, 0.1) is 0 Å². The minimum absolute atomic E-state index is 0.319. The fraction of sp³-hybridized carbons (Fsp3) is 0.500. The van der Waals surface area contributed by atoms with E-state index in [-0.39, 0.29) is 18.3 Å². The van der Waals surface area contributed by atoms with Crippen molar-refractivity contribution in [1.82, 2.24) is 0 Å². The summed E-state index contributed by atoms with van der Waals surface area (Å²) in [6.45, 7) is 7.78. The maximum absolute atomic E-state index is 11.1. The zero-order valence-corrected chi connectivity index (χ0v) is 9.03. The number of rotatable bonds is 5. The molecule has 0 radical (unpaired) electrons. The molecule has 0 amide bonds. The Kier molecular flexibility index (Phi) is 5.30. The van der Waals surface area contributed by atoms with Gasteiger partial charge in [-0.3, -0.25) is 9.59 Å². The monoisotopic (exact) mass is 214 g/mol. The highest BCUT2D eigenvalue weighted by atomic mass is 16.6. The number of Topliss-reactive ketones (excluding diaryl/α,β-unsaturated/α-hetero) is 1. The van der Waals surface area contributed by atoms with Gasteiger partial charge in [-0.15, -0.1) is 0 Å². The Morgan fingerprint density at radius 3 is 2.20 bits per heavy atom. The maximum atomic E-state index is 11.1. The molecule has 15 heavy (non-hydrogen) atoms. The molecule has 0 aromatic rings. The summed E-state index contributed by atoms with van der Waals surface area (Å²) in [4.78, 5) is 32.6. The average Bonchev–Trinajstić information content (AvgIpc) is 2.00. The summed E-state index contributed by atoms with van der Waals surface area (Å²) in [6, 6.07) is 0. The second-order valence-corrected chi connectivity index (χ2v) is 3.23. The number of ether oxygens (including phenoxy) is 2. The molecule has 0 spiro atoms. The summed E-state index contributed by atoms with van der Waals surface area (Å²) < 4.78 is 9.21. The molecule has 5 heteroatoms. The first kappa shape index (κ1) is 13.4. The van der Waals surface area contributed by atoms with Crippen molar-refractivity contribution in [3.05, 3.63) is 12.3 Å². The lowest BCUT2D eigenvalue weighted by Gasteiger charge is -2.09. The predicted octanol–water partition coefficient (Wildman–Crippen LogP) is 0.974. The van der Waals surface area contributed by atoms with Crippen LogP contribution in [0.1, 0.15) is 27.2 Å². The first-order chi connectivity index (χ1) is 6.82. The van der Waals surface area contributed by atoms with Crippen molar-refractivity contribution in [3.63, 3.8) is 0 Å². The maximum Gasteiger partial charge on any atom is 0.373 e. The molecule has 0 aromatic carbocycles. The lowest BCUT2D eigenvalue weighted by atomic mass is 10.3. The van der Waals surface area contributed by atoms with Crippen LogP contribution in [-0.4, -0.2) is 23.8 Å². The number of hydrogen-bond donors (Lipinski definition) is 0. The van der Waals surface area contributed by atoms with Crippen molar-refractivity contribution in [1.29, 1.82) is 0 Å². The fourth-order valence-corrected chi connectivity index (χ4v) is 0.698. The molecule has 0 aliphatic rings. The van der Waals surface area contributed by atoms with Crippen LogP contribution < -0.4 is 0 Å². The zero-order chi connectivity index (χ0) is 12.0. The normalized spacial score (nSPS) is 9.60. The van der Waals surface area contributed by atoms with Crippen molar-refractivity contribution in [2.45, 2.75) is 33.3 Å². The summed E-state index contributed by atoms with van der Waals surface area (Å²) >= 11 is 0. The molecule has 0 aromatic heterocycles. The number of carbonyl (C=O) groups is 3. The molecule has 0 saturated heterocycles. The lowest BCUT2D eigenvalue weighted by Crippen LogP contribution is -2.18. The molecule has 0 N–H and O–H groups in total. The number of carbonyl (C=O) groups excluding carboxylic acids is 3. The van der Waals surface area contributed by atoms with Crippen LogP contribution in [0.3, 0.4) is 0 Å². The molecule has 0 heterocycles. The van der Waals surface area contributed by atoms with Gasteiger partial charge in [-0.2, -0.15) is 0 Å². The van der Waals surface area contributed by atoms with Gasteiger partial charge in [0, 0.05) is 0 Å². The van der Waals surface area contributed by atoms with E-state index in [4.69, 9.17) is 4.74 Å². The van der Waals surface area contributed by atoms with Crippen LogP contribution in [0.5, 0.6) is 0 Å². The minimum atomic E-state index is -0.812. The molecular formula is C10H14O5. The van der Waals surface area contributed by atoms with E-state index in [1.165, 1.54) is 6.92 Å². The van der Waals surface area contributed by atoms with Crippen LogP contribution >= 0.6 is 0 Å². The van der Waals surface area contributed by atoms with Crippen LogP contribution in [-0.2, 0) is 23.9 Å². The third kappa shape index (κ3) is 6.42. The molecule has 0 aliphatic heterocycles. The summed E-state index contributed by atoms with van der Waals surface area (Å²) in [5.74, 6) is -2.37. The topological polar surface area (TPSA) is 69.7 Å². The van der Waals surface area contributed by atoms with E-state index >= 15 is 0 Å². The molecule has 0 unspecified atom stereocenters. The van der Waals surface area contributed by atoms with E-state index in [2.05, 4.69) is 11.3 Å². The van der Waals surface area contributed by atoms with Crippen molar-refractivity contribution < 1.29 is 23.9 Å². The van der Waals surface area contributed by atoms with Gasteiger partial charge in [-0.25, -0.2) is 4.79 Å². The smallest absolute Gasteiger partial charge is 0.373 e. The molecule has 0 saturated carbocycles. The van der Waals surface area contributed by atoms with E-state index in [9.17, 15) is 14.4 Å². The average molecular weight is 214 g/mol. The molecule has 84 valence electrons. The van der Waals surface area contributed by atoms with Gasteiger partial charge in [0.25, 0.3) is 0 Å². The second-order valence-electron chi connectivity index (χ2n) is 3.23. The molecule has 0 fully saturated rings. The highest BCUT2D eigenvalue weighted by molar-refractivity contribution is 5.96. The molecule has 0 atom stereocenters. The van der Waals surface area contributed by atoms with Gasteiger partial charge >= 0.3 is 11.9 Å². The summed E-state index contributed by atoms with van der Waals surface area (Å²) in [7, 11) is 0. The van der Waals surface area contributed by atoms with Crippen LogP contribution in [0.4, 0.5) is 0 Å². The van der Waals surface area contributed by atoms with Crippen molar-refractivity contribution in [2.24, 2.45) is 0 Å². The molecular weight excluding hydrogens is 200 g/mol. The van der Waals surface area contributed by atoms with E-state index in [1.807, 2.05) is 0 Å². The van der Waals surface area contributed by atoms with Gasteiger partial charge < -0.3 is 9.47 Å². The van der Waals surface area contributed by atoms with Gasteiger partial charge in [0.2, 0.25) is 5.76 Å². The van der Waals surface area contributed by atoms with Crippen LogP contribution in [0.25, 0.3) is 0 Å². The molecule has 0 bridgehead atoms. The first-order valence-corrected chi connectivity index (χ1v) is 4.43. The predicted molar refractivity (Wildman–Crippen MR) is 51.8 cm³/mol. The minimum Gasteiger partial charge on any atom is -0.457 e.